The molecule has 3 rings (SSSR count). The van der Waals surface area contributed by atoms with Crippen LogP contribution < -0.4 is 11.2 Å². The van der Waals surface area contributed by atoms with Gasteiger partial charge in [0.2, 0.25) is 5.91 Å². The van der Waals surface area contributed by atoms with Gasteiger partial charge in [-0.3, -0.25) is 4.79 Å². The van der Waals surface area contributed by atoms with Gasteiger partial charge in [0.15, 0.2) is 5.13 Å². The Kier molecular flexibility index (Phi) is 5.44. The smallest absolute Gasteiger partial charge is 0.244 e. The molecule has 0 saturated carbocycles. The maximum atomic E-state index is 12.0. The molecule has 128 valence electrons. The van der Waals surface area contributed by atoms with Crippen LogP contribution in [0.15, 0.2) is 35.4 Å². The van der Waals surface area contributed by atoms with Crippen LogP contribution in [0.4, 0.5) is 5.13 Å². The first-order chi connectivity index (χ1) is 11.9. The Morgan fingerprint density at radius 1 is 1.24 bits per heavy atom. The molecule has 0 unspecified atom stereocenters. The minimum atomic E-state index is -0.276. The van der Waals surface area contributed by atoms with Gasteiger partial charge < -0.3 is 5.73 Å². The van der Waals surface area contributed by atoms with Gasteiger partial charge in [-0.1, -0.05) is 52.2 Å². The number of hydrogen-bond donors (Lipinski definition) is 2. The summed E-state index contributed by atoms with van der Waals surface area (Å²) in [6.07, 6.45) is 1.53. The van der Waals surface area contributed by atoms with Crippen molar-refractivity contribution in [1.82, 2.24) is 10.4 Å². The number of halogens is 3. The third-order valence-electron chi connectivity index (χ3n) is 3.30. The zero-order valence-corrected chi connectivity index (χ0v) is 15.7. The third kappa shape index (κ3) is 4.22. The number of rotatable bonds is 4. The van der Waals surface area contributed by atoms with Crippen LogP contribution >= 0.6 is 46.1 Å². The van der Waals surface area contributed by atoms with Crippen molar-refractivity contribution < 1.29 is 4.79 Å². The molecule has 2 aromatic carbocycles. The lowest BCUT2D eigenvalue weighted by Gasteiger charge is -2.04. The van der Waals surface area contributed by atoms with E-state index in [9.17, 15) is 4.79 Å². The summed E-state index contributed by atoms with van der Waals surface area (Å²) >= 11 is 19.4. The first kappa shape index (κ1) is 17.9. The van der Waals surface area contributed by atoms with Crippen LogP contribution in [0.3, 0.4) is 0 Å². The lowest BCUT2D eigenvalue weighted by atomic mass is 10.1. The molecule has 3 N–H and O–H groups in total. The van der Waals surface area contributed by atoms with Gasteiger partial charge in [-0.25, -0.2) is 10.4 Å². The second kappa shape index (κ2) is 7.58. The number of hydrogen-bond acceptors (Lipinski definition) is 5. The van der Waals surface area contributed by atoms with E-state index in [0.29, 0.717) is 20.7 Å². The Bertz CT molecular complexity index is 987. The molecule has 9 heteroatoms. The molecular weight excluding hydrogens is 403 g/mol. The number of aromatic nitrogens is 1. The van der Waals surface area contributed by atoms with Gasteiger partial charge in [-0.2, -0.15) is 5.10 Å². The van der Waals surface area contributed by atoms with E-state index in [0.717, 1.165) is 15.8 Å². The maximum Gasteiger partial charge on any atom is 0.244 e. The number of fused-ring (bicyclic) bond motifs is 1. The molecule has 0 saturated heterocycles. The first-order valence-corrected chi connectivity index (χ1v) is 8.99. The van der Waals surface area contributed by atoms with Gasteiger partial charge in [0.05, 0.1) is 37.9 Å². The van der Waals surface area contributed by atoms with Crippen molar-refractivity contribution in [3.63, 3.8) is 0 Å². The van der Waals surface area contributed by atoms with Gasteiger partial charge in [0, 0.05) is 5.56 Å². The molecule has 0 fully saturated rings. The predicted molar refractivity (Wildman–Crippen MR) is 105 cm³/mol. The van der Waals surface area contributed by atoms with Crippen molar-refractivity contribution in [2.45, 2.75) is 6.42 Å². The topological polar surface area (TPSA) is 80.4 Å². The van der Waals surface area contributed by atoms with E-state index in [1.807, 2.05) is 18.2 Å². The standard InChI is InChI=1S/C16H11Cl3N4OS/c17-10-2-3-11(18)15(19)9(10)7-21-23-14(24)6-8-1-4-12-13(5-8)25-16(20)22-12/h1-5,7H,6H2,(H2,20,22)(H,23,24)/b21-7-. The molecule has 0 bridgehead atoms. The summed E-state index contributed by atoms with van der Waals surface area (Å²) in [5.74, 6) is -0.276. The number of carbonyl (C=O) groups is 1. The fourth-order valence-electron chi connectivity index (χ4n) is 2.15. The molecule has 3 aromatic rings. The summed E-state index contributed by atoms with van der Waals surface area (Å²) < 4.78 is 0.934. The third-order valence-corrected chi connectivity index (χ3v) is 5.29. The van der Waals surface area contributed by atoms with Crippen molar-refractivity contribution in [3.8, 4) is 0 Å². The fourth-order valence-corrected chi connectivity index (χ4v) is 3.58. The quantitative estimate of drug-likeness (QED) is 0.374. The van der Waals surface area contributed by atoms with Gasteiger partial charge in [0.1, 0.15) is 0 Å². The molecule has 0 spiro atoms. The number of nitrogens with zero attached hydrogens (tertiary/aromatic N) is 2. The highest BCUT2D eigenvalue weighted by molar-refractivity contribution is 7.22. The molecule has 0 aliphatic heterocycles. The van der Waals surface area contributed by atoms with Crippen LogP contribution in [0.25, 0.3) is 10.2 Å². The monoisotopic (exact) mass is 412 g/mol. The average molecular weight is 414 g/mol. The zero-order chi connectivity index (χ0) is 18.0. The largest absolute Gasteiger partial charge is 0.375 e. The number of carbonyl (C=O) groups excluding carboxylic acids is 1. The van der Waals surface area contributed by atoms with Gasteiger partial charge in [-0.05, 0) is 29.8 Å². The Balaban J connectivity index is 1.67. The highest BCUT2D eigenvalue weighted by Crippen LogP contribution is 2.30. The van der Waals surface area contributed by atoms with Crippen molar-refractivity contribution >= 4 is 73.6 Å². The Labute approximate surface area is 162 Å². The SMILES string of the molecule is Nc1nc2ccc(CC(=O)N/N=C\c3c(Cl)ccc(Cl)c3Cl)cc2s1. The molecule has 0 atom stereocenters. The van der Waals surface area contributed by atoms with Crippen LogP contribution in [0.1, 0.15) is 11.1 Å². The summed E-state index contributed by atoms with van der Waals surface area (Å²) in [7, 11) is 0. The Morgan fingerprint density at radius 2 is 2.00 bits per heavy atom. The van der Waals surface area contributed by atoms with Crippen LogP contribution in [-0.4, -0.2) is 17.1 Å². The van der Waals surface area contributed by atoms with E-state index in [4.69, 9.17) is 40.5 Å². The molecule has 5 nitrogen and oxygen atoms in total. The molecule has 0 aliphatic carbocycles. The minimum Gasteiger partial charge on any atom is -0.375 e. The highest BCUT2D eigenvalue weighted by Gasteiger charge is 2.09. The van der Waals surface area contributed by atoms with Crippen LogP contribution in [0, 0.1) is 0 Å². The summed E-state index contributed by atoms with van der Waals surface area (Å²) in [4.78, 5) is 16.2. The highest BCUT2D eigenvalue weighted by atomic mass is 35.5. The number of amides is 1. The molecule has 1 aromatic heterocycles. The molecule has 0 aliphatic rings. The van der Waals surface area contributed by atoms with E-state index in [-0.39, 0.29) is 17.4 Å². The van der Waals surface area contributed by atoms with E-state index >= 15 is 0 Å². The summed E-state index contributed by atoms with van der Waals surface area (Å²) in [6, 6.07) is 8.74. The summed E-state index contributed by atoms with van der Waals surface area (Å²) in [5.41, 5.74) is 10.2. The number of nitrogens with two attached hydrogens (primary N) is 1. The zero-order valence-electron chi connectivity index (χ0n) is 12.6. The number of benzene rings is 2. The number of nitrogens with one attached hydrogen (secondary N) is 1. The molecule has 1 heterocycles. The fraction of sp³-hybridized carbons (Fsp3) is 0.0625. The lowest BCUT2D eigenvalue weighted by Crippen LogP contribution is -2.19. The molecule has 25 heavy (non-hydrogen) atoms. The number of anilines is 1. The van der Waals surface area contributed by atoms with Crippen molar-refractivity contribution in [1.29, 1.82) is 0 Å². The van der Waals surface area contributed by atoms with Gasteiger partial charge >= 0.3 is 0 Å². The van der Waals surface area contributed by atoms with Gasteiger partial charge in [-0.15, -0.1) is 0 Å². The van der Waals surface area contributed by atoms with Crippen LogP contribution in [-0.2, 0) is 11.2 Å². The second-order valence-electron chi connectivity index (χ2n) is 5.08. The normalized spacial score (nSPS) is 11.3. The van der Waals surface area contributed by atoms with E-state index < -0.39 is 0 Å². The van der Waals surface area contributed by atoms with Crippen molar-refractivity contribution in [3.05, 3.63) is 56.5 Å². The molecule has 1 amide bonds. The van der Waals surface area contributed by atoms with E-state index in [1.54, 1.807) is 12.1 Å². The van der Waals surface area contributed by atoms with Crippen LogP contribution in [0.5, 0.6) is 0 Å². The molecule has 0 radical (unpaired) electrons. The summed E-state index contributed by atoms with van der Waals surface area (Å²) in [6.45, 7) is 0. The number of hydrazone groups is 1. The first-order valence-electron chi connectivity index (χ1n) is 7.04. The number of nitrogen functional groups attached to an aromatic ring is 1. The van der Waals surface area contributed by atoms with Crippen LogP contribution in [0.2, 0.25) is 15.1 Å². The molecular formula is C16H11Cl3N4OS. The Hall–Kier alpha value is -1.86. The van der Waals surface area contributed by atoms with E-state index in [1.165, 1.54) is 17.6 Å². The Morgan fingerprint density at radius 3 is 2.80 bits per heavy atom. The summed E-state index contributed by atoms with van der Waals surface area (Å²) in [5, 5.41) is 5.41. The van der Waals surface area contributed by atoms with E-state index in [2.05, 4.69) is 15.5 Å². The van der Waals surface area contributed by atoms with Crippen molar-refractivity contribution in [2.24, 2.45) is 5.10 Å². The number of thiazole rings is 1. The second-order valence-corrected chi connectivity index (χ2v) is 7.34. The average Bonchev–Trinajstić information content (AvgIpc) is 2.93. The maximum absolute atomic E-state index is 12.0. The lowest BCUT2D eigenvalue weighted by molar-refractivity contribution is -0.120. The predicted octanol–water partition coefficient (Wildman–Crippen LogP) is 4.53. The minimum absolute atomic E-state index is 0.169. The van der Waals surface area contributed by atoms with Crippen molar-refractivity contribution in [2.75, 3.05) is 5.73 Å². The van der Waals surface area contributed by atoms with Gasteiger partial charge in [0.25, 0.3) is 0 Å².